The summed E-state index contributed by atoms with van der Waals surface area (Å²) < 4.78 is 0. The van der Waals surface area contributed by atoms with E-state index >= 15 is 0 Å². The number of fused-ring (bicyclic) bond motifs is 1. The van der Waals surface area contributed by atoms with Gasteiger partial charge in [-0.3, -0.25) is 9.69 Å². The molecule has 2 aliphatic heterocycles. The molecule has 134 valence electrons. The van der Waals surface area contributed by atoms with Crippen LogP contribution in [-0.2, 0) is 17.8 Å². The number of nitrogens with zero attached hydrogens (tertiary/aromatic N) is 4. The zero-order chi connectivity index (χ0) is 18.3. The number of rotatable bonds is 2. The highest BCUT2D eigenvalue weighted by Crippen LogP contribution is 2.28. The molecule has 0 saturated carbocycles. The molecule has 0 saturated heterocycles. The van der Waals surface area contributed by atoms with E-state index in [4.69, 9.17) is 5.73 Å². The molecular weight excluding hydrogens is 326 g/mol. The Hall–Kier alpha value is -2.73. The van der Waals surface area contributed by atoms with Crippen molar-refractivity contribution in [1.82, 2.24) is 14.9 Å². The monoisotopic (exact) mass is 349 g/mol. The minimum atomic E-state index is -0.241. The molecule has 26 heavy (non-hydrogen) atoms. The van der Waals surface area contributed by atoms with Crippen LogP contribution in [0.2, 0.25) is 0 Å². The molecule has 1 amide bonds. The van der Waals surface area contributed by atoms with Crippen molar-refractivity contribution < 1.29 is 4.79 Å². The maximum Gasteiger partial charge on any atom is 0.248 e. The quantitative estimate of drug-likeness (QED) is 0.840. The standard InChI is InChI=1S/C20H23N5O/c1-13-4-3-5-16(10-13)25-9-6-14(2)18(19(25)26)24-8-7-17-15(12-24)11-22-20(21)23-17/h3-6,10-11,18H,7-9,12H2,1-2H3,(H2,21,22,23). The van der Waals surface area contributed by atoms with Crippen LogP contribution in [-0.4, -0.2) is 39.9 Å². The summed E-state index contributed by atoms with van der Waals surface area (Å²) in [4.78, 5) is 25.8. The van der Waals surface area contributed by atoms with E-state index < -0.39 is 0 Å². The number of anilines is 2. The Bertz CT molecular complexity index is 892. The summed E-state index contributed by atoms with van der Waals surface area (Å²) in [6.07, 6.45) is 4.72. The number of aromatic nitrogens is 2. The predicted molar refractivity (Wildman–Crippen MR) is 102 cm³/mol. The molecule has 0 fully saturated rings. The van der Waals surface area contributed by atoms with E-state index in [1.165, 1.54) is 0 Å². The maximum atomic E-state index is 13.3. The molecule has 4 rings (SSSR count). The average Bonchev–Trinajstić information content (AvgIpc) is 2.62. The number of nitrogens with two attached hydrogens (primary N) is 1. The molecule has 2 aromatic rings. The van der Waals surface area contributed by atoms with Gasteiger partial charge in [0, 0.05) is 43.5 Å². The minimum absolute atomic E-state index is 0.135. The van der Waals surface area contributed by atoms with Gasteiger partial charge < -0.3 is 10.6 Å². The third kappa shape index (κ3) is 2.97. The number of aryl methyl sites for hydroxylation is 1. The summed E-state index contributed by atoms with van der Waals surface area (Å²) in [5, 5.41) is 0. The van der Waals surface area contributed by atoms with Gasteiger partial charge in [0.15, 0.2) is 0 Å². The molecule has 1 atom stereocenters. The van der Waals surface area contributed by atoms with Gasteiger partial charge in [-0.2, -0.15) is 0 Å². The molecule has 3 heterocycles. The van der Waals surface area contributed by atoms with Crippen molar-refractivity contribution in [2.75, 3.05) is 23.7 Å². The highest BCUT2D eigenvalue weighted by atomic mass is 16.2. The normalized spacial score (nSPS) is 20.7. The predicted octanol–water partition coefficient (Wildman–Crippen LogP) is 2.09. The highest BCUT2D eigenvalue weighted by Gasteiger charge is 2.36. The van der Waals surface area contributed by atoms with E-state index in [2.05, 4.69) is 27.0 Å². The molecular formula is C20H23N5O. The lowest BCUT2D eigenvalue weighted by Gasteiger charge is -2.40. The SMILES string of the molecule is CC1=CCN(c2cccc(C)c2)C(=O)C1N1CCc2nc(N)ncc2C1. The van der Waals surface area contributed by atoms with Crippen LogP contribution in [0.25, 0.3) is 0 Å². The first-order chi connectivity index (χ1) is 12.5. The number of amides is 1. The Labute approximate surface area is 153 Å². The molecule has 0 spiro atoms. The summed E-state index contributed by atoms with van der Waals surface area (Å²) >= 11 is 0. The zero-order valence-electron chi connectivity index (χ0n) is 15.1. The fraction of sp³-hybridized carbons (Fsp3) is 0.350. The molecule has 6 nitrogen and oxygen atoms in total. The average molecular weight is 349 g/mol. The minimum Gasteiger partial charge on any atom is -0.368 e. The van der Waals surface area contributed by atoms with Crippen molar-refractivity contribution in [3.05, 3.63) is 58.9 Å². The molecule has 1 aromatic carbocycles. The molecule has 0 radical (unpaired) electrons. The van der Waals surface area contributed by atoms with Crippen LogP contribution in [0.4, 0.5) is 11.6 Å². The molecule has 0 aliphatic carbocycles. The van der Waals surface area contributed by atoms with Gasteiger partial charge in [-0.15, -0.1) is 0 Å². The van der Waals surface area contributed by atoms with E-state index in [9.17, 15) is 4.79 Å². The van der Waals surface area contributed by atoms with Gasteiger partial charge in [0.05, 0.1) is 5.69 Å². The first-order valence-corrected chi connectivity index (χ1v) is 8.92. The number of hydrogen-bond acceptors (Lipinski definition) is 5. The molecule has 2 N–H and O–H groups in total. The van der Waals surface area contributed by atoms with Crippen LogP contribution in [0.1, 0.15) is 23.7 Å². The largest absolute Gasteiger partial charge is 0.368 e. The lowest BCUT2D eigenvalue weighted by molar-refractivity contribution is -0.123. The van der Waals surface area contributed by atoms with Crippen LogP contribution in [0.5, 0.6) is 0 Å². The highest BCUT2D eigenvalue weighted by molar-refractivity contribution is 6.00. The van der Waals surface area contributed by atoms with Crippen molar-refractivity contribution in [2.24, 2.45) is 0 Å². The van der Waals surface area contributed by atoms with E-state index in [1.54, 1.807) is 6.20 Å². The summed E-state index contributed by atoms with van der Waals surface area (Å²) in [5.74, 6) is 0.447. The van der Waals surface area contributed by atoms with Crippen LogP contribution in [0.3, 0.4) is 0 Å². The fourth-order valence-corrected chi connectivity index (χ4v) is 3.83. The number of carbonyl (C=O) groups excluding carboxylic acids is 1. The van der Waals surface area contributed by atoms with Crippen molar-refractivity contribution in [3.8, 4) is 0 Å². The smallest absolute Gasteiger partial charge is 0.248 e. The zero-order valence-corrected chi connectivity index (χ0v) is 15.1. The molecule has 1 aromatic heterocycles. The van der Waals surface area contributed by atoms with E-state index in [1.807, 2.05) is 36.9 Å². The molecule has 2 aliphatic rings. The molecule has 1 unspecified atom stereocenters. The summed E-state index contributed by atoms with van der Waals surface area (Å²) in [6.45, 7) is 6.16. The second-order valence-corrected chi connectivity index (χ2v) is 7.06. The maximum absolute atomic E-state index is 13.3. The van der Waals surface area contributed by atoms with Crippen LogP contribution >= 0.6 is 0 Å². The van der Waals surface area contributed by atoms with Crippen molar-refractivity contribution >= 4 is 17.5 Å². The molecule has 0 bridgehead atoms. The van der Waals surface area contributed by atoms with Gasteiger partial charge in [-0.25, -0.2) is 9.97 Å². The fourth-order valence-electron chi connectivity index (χ4n) is 3.83. The Balaban J connectivity index is 1.61. The Morgan fingerprint density at radius 2 is 2.12 bits per heavy atom. The van der Waals surface area contributed by atoms with Crippen LogP contribution in [0.15, 0.2) is 42.1 Å². The number of carbonyl (C=O) groups is 1. The second-order valence-electron chi connectivity index (χ2n) is 7.06. The molecule has 6 heteroatoms. The van der Waals surface area contributed by atoms with E-state index in [0.717, 1.165) is 41.0 Å². The van der Waals surface area contributed by atoms with Gasteiger partial charge in [0.25, 0.3) is 0 Å². The summed E-state index contributed by atoms with van der Waals surface area (Å²) in [6, 6.07) is 7.86. The Morgan fingerprint density at radius 1 is 1.27 bits per heavy atom. The van der Waals surface area contributed by atoms with Gasteiger partial charge >= 0.3 is 0 Å². The van der Waals surface area contributed by atoms with Crippen LogP contribution < -0.4 is 10.6 Å². The number of nitrogen functional groups attached to an aromatic ring is 1. The van der Waals surface area contributed by atoms with Crippen molar-refractivity contribution in [1.29, 1.82) is 0 Å². The Kier molecular flexibility index (Phi) is 4.20. The van der Waals surface area contributed by atoms with Gasteiger partial charge in [0.2, 0.25) is 11.9 Å². The lowest BCUT2D eigenvalue weighted by atomic mass is 9.97. The van der Waals surface area contributed by atoms with Gasteiger partial charge in [-0.05, 0) is 37.1 Å². The third-order valence-corrected chi connectivity index (χ3v) is 5.19. The number of benzene rings is 1. The van der Waals surface area contributed by atoms with E-state index in [-0.39, 0.29) is 11.9 Å². The summed E-state index contributed by atoms with van der Waals surface area (Å²) in [7, 11) is 0. The first kappa shape index (κ1) is 16.7. The summed E-state index contributed by atoms with van der Waals surface area (Å²) in [5.41, 5.74) is 11.0. The van der Waals surface area contributed by atoms with Gasteiger partial charge in [-0.1, -0.05) is 18.2 Å². The van der Waals surface area contributed by atoms with E-state index in [0.29, 0.717) is 19.0 Å². The second kappa shape index (κ2) is 6.53. The Morgan fingerprint density at radius 3 is 2.92 bits per heavy atom. The van der Waals surface area contributed by atoms with Crippen LogP contribution in [0, 0.1) is 6.92 Å². The third-order valence-electron chi connectivity index (χ3n) is 5.19. The first-order valence-electron chi connectivity index (χ1n) is 8.92. The lowest BCUT2D eigenvalue weighted by Crippen LogP contribution is -2.53. The van der Waals surface area contributed by atoms with Crippen molar-refractivity contribution in [2.45, 2.75) is 32.9 Å². The van der Waals surface area contributed by atoms with Crippen molar-refractivity contribution in [3.63, 3.8) is 0 Å². The topological polar surface area (TPSA) is 75.4 Å². The number of hydrogen-bond donors (Lipinski definition) is 1. The van der Waals surface area contributed by atoms with Gasteiger partial charge in [0.1, 0.15) is 6.04 Å².